The van der Waals surface area contributed by atoms with Crippen LogP contribution in [0.15, 0.2) is 16.6 Å². The van der Waals surface area contributed by atoms with Gasteiger partial charge in [0.1, 0.15) is 11.5 Å². The van der Waals surface area contributed by atoms with E-state index in [-0.39, 0.29) is 18.6 Å². The van der Waals surface area contributed by atoms with Crippen LogP contribution >= 0.6 is 15.9 Å². The SMILES string of the molecule is COc1cc(O)c(C(N)CCC(=O)O)cc1Br. The van der Waals surface area contributed by atoms with E-state index < -0.39 is 12.0 Å². The maximum Gasteiger partial charge on any atom is 0.303 e. The molecule has 4 N–H and O–H groups in total. The fourth-order valence-electron chi connectivity index (χ4n) is 1.45. The number of carboxylic acids is 1. The van der Waals surface area contributed by atoms with Crippen LogP contribution < -0.4 is 10.5 Å². The van der Waals surface area contributed by atoms with Crippen molar-refractivity contribution in [3.8, 4) is 11.5 Å². The van der Waals surface area contributed by atoms with Crippen LogP contribution in [-0.2, 0) is 4.79 Å². The minimum atomic E-state index is -0.910. The number of phenolic OH excluding ortho intramolecular Hbond substituents is 1. The van der Waals surface area contributed by atoms with Crippen LogP contribution in [0.3, 0.4) is 0 Å². The Hall–Kier alpha value is -1.27. The summed E-state index contributed by atoms with van der Waals surface area (Å²) in [6.45, 7) is 0. The number of benzene rings is 1. The Kier molecular flexibility index (Phi) is 4.77. The summed E-state index contributed by atoms with van der Waals surface area (Å²) in [5.41, 5.74) is 6.32. The number of rotatable bonds is 5. The van der Waals surface area contributed by atoms with Crippen molar-refractivity contribution in [3.63, 3.8) is 0 Å². The van der Waals surface area contributed by atoms with E-state index >= 15 is 0 Å². The molecule has 1 unspecified atom stereocenters. The second-order valence-corrected chi connectivity index (χ2v) is 4.44. The molecule has 1 atom stereocenters. The predicted molar refractivity (Wildman–Crippen MR) is 66.2 cm³/mol. The molecular weight excluding hydrogens is 290 g/mol. The molecule has 6 heteroatoms. The second kappa shape index (κ2) is 5.88. The summed E-state index contributed by atoms with van der Waals surface area (Å²) in [7, 11) is 1.49. The number of methoxy groups -OCH3 is 1. The van der Waals surface area contributed by atoms with Crippen molar-refractivity contribution in [1.82, 2.24) is 0 Å². The average Bonchev–Trinajstić information content (AvgIpc) is 2.28. The molecule has 0 fully saturated rings. The van der Waals surface area contributed by atoms with Gasteiger partial charge in [-0.05, 0) is 28.4 Å². The fourth-order valence-corrected chi connectivity index (χ4v) is 1.97. The van der Waals surface area contributed by atoms with Gasteiger partial charge in [-0.1, -0.05) is 0 Å². The van der Waals surface area contributed by atoms with Crippen molar-refractivity contribution in [2.24, 2.45) is 5.73 Å². The van der Waals surface area contributed by atoms with E-state index in [2.05, 4.69) is 15.9 Å². The number of ether oxygens (including phenoxy) is 1. The summed E-state index contributed by atoms with van der Waals surface area (Å²) in [6, 6.07) is 2.56. The second-order valence-electron chi connectivity index (χ2n) is 3.58. The van der Waals surface area contributed by atoms with Crippen molar-refractivity contribution < 1.29 is 19.7 Å². The maximum absolute atomic E-state index is 10.4. The van der Waals surface area contributed by atoms with Crippen molar-refractivity contribution in [3.05, 3.63) is 22.2 Å². The molecule has 1 rings (SSSR count). The van der Waals surface area contributed by atoms with Crippen LogP contribution in [0.4, 0.5) is 0 Å². The highest BCUT2D eigenvalue weighted by atomic mass is 79.9. The molecule has 0 amide bonds. The number of aliphatic carboxylic acids is 1. The molecule has 17 heavy (non-hydrogen) atoms. The topological polar surface area (TPSA) is 92.8 Å². The lowest BCUT2D eigenvalue weighted by Crippen LogP contribution is -2.12. The van der Waals surface area contributed by atoms with E-state index in [4.69, 9.17) is 15.6 Å². The van der Waals surface area contributed by atoms with E-state index in [0.29, 0.717) is 15.8 Å². The zero-order valence-electron chi connectivity index (χ0n) is 9.31. The van der Waals surface area contributed by atoms with Gasteiger partial charge in [-0.15, -0.1) is 0 Å². The smallest absolute Gasteiger partial charge is 0.303 e. The zero-order valence-corrected chi connectivity index (χ0v) is 10.9. The van der Waals surface area contributed by atoms with Crippen molar-refractivity contribution in [2.45, 2.75) is 18.9 Å². The Morgan fingerprint density at radius 3 is 2.76 bits per heavy atom. The lowest BCUT2D eigenvalue weighted by molar-refractivity contribution is -0.137. The Labute approximate surface area is 107 Å². The molecule has 0 heterocycles. The Bertz CT molecular complexity index is 422. The van der Waals surface area contributed by atoms with Gasteiger partial charge in [-0.2, -0.15) is 0 Å². The number of halogens is 1. The largest absolute Gasteiger partial charge is 0.507 e. The van der Waals surface area contributed by atoms with Crippen molar-refractivity contribution in [1.29, 1.82) is 0 Å². The number of hydrogen-bond donors (Lipinski definition) is 3. The first-order valence-electron chi connectivity index (χ1n) is 4.99. The monoisotopic (exact) mass is 303 g/mol. The van der Waals surface area contributed by atoms with Crippen molar-refractivity contribution >= 4 is 21.9 Å². The van der Waals surface area contributed by atoms with Gasteiger partial charge in [0.25, 0.3) is 0 Å². The quantitative estimate of drug-likeness (QED) is 0.774. The molecule has 0 aliphatic carbocycles. The van der Waals surface area contributed by atoms with Gasteiger partial charge in [0.05, 0.1) is 11.6 Å². The first-order valence-corrected chi connectivity index (χ1v) is 5.78. The molecule has 0 saturated heterocycles. The number of carbonyl (C=O) groups is 1. The Morgan fingerprint density at radius 1 is 1.59 bits per heavy atom. The third-order valence-electron chi connectivity index (χ3n) is 2.37. The lowest BCUT2D eigenvalue weighted by Gasteiger charge is -2.14. The first-order chi connectivity index (χ1) is 7.95. The summed E-state index contributed by atoms with van der Waals surface area (Å²) in [4.78, 5) is 10.4. The number of nitrogens with two attached hydrogens (primary N) is 1. The predicted octanol–water partition coefficient (Wildman–Crippen LogP) is 2.03. The van der Waals surface area contributed by atoms with Crippen LogP contribution in [-0.4, -0.2) is 23.3 Å². The molecule has 94 valence electrons. The van der Waals surface area contributed by atoms with Crippen molar-refractivity contribution in [2.75, 3.05) is 7.11 Å². The standard InChI is InChI=1S/C11H14BrNO4/c1-17-10-5-9(14)6(4-7(10)12)8(13)2-3-11(15)16/h4-5,8,14H,2-3,13H2,1H3,(H,15,16). The van der Waals surface area contributed by atoms with Crippen LogP contribution in [0.25, 0.3) is 0 Å². The molecule has 0 radical (unpaired) electrons. The minimum Gasteiger partial charge on any atom is -0.507 e. The zero-order chi connectivity index (χ0) is 13.0. The van der Waals surface area contributed by atoms with E-state index in [1.165, 1.54) is 13.2 Å². The number of aromatic hydroxyl groups is 1. The molecule has 0 bridgehead atoms. The van der Waals surface area contributed by atoms with Crippen LogP contribution in [0.1, 0.15) is 24.4 Å². The molecule has 0 saturated carbocycles. The molecule has 0 aliphatic heterocycles. The van der Waals surface area contributed by atoms with Crippen LogP contribution in [0, 0.1) is 0 Å². The minimum absolute atomic E-state index is 0.00272. The molecule has 0 spiro atoms. The number of hydrogen-bond acceptors (Lipinski definition) is 4. The summed E-state index contributed by atoms with van der Waals surface area (Å²) in [5, 5.41) is 18.3. The van der Waals surface area contributed by atoms with E-state index in [1.54, 1.807) is 6.07 Å². The molecule has 0 aliphatic rings. The van der Waals surface area contributed by atoms with E-state index in [1.807, 2.05) is 0 Å². The van der Waals surface area contributed by atoms with Gasteiger partial charge in [0.15, 0.2) is 0 Å². The van der Waals surface area contributed by atoms with Gasteiger partial charge in [-0.3, -0.25) is 4.79 Å². The van der Waals surface area contributed by atoms with E-state index in [0.717, 1.165) is 0 Å². The maximum atomic E-state index is 10.4. The Balaban J connectivity index is 2.90. The van der Waals surface area contributed by atoms with E-state index in [9.17, 15) is 9.90 Å². The van der Waals surface area contributed by atoms with Gasteiger partial charge < -0.3 is 20.7 Å². The highest BCUT2D eigenvalue weighted by Gasteiger charge is 2.15. The summed E-state index contributed by atoms with van der Waals surface area (Å²) >= 11 is 3.28. The van der Waals surface area contributed by atoms with Crippen LogP contribution in [0.2, 0.25) is 0 Å². The van der Waals surface area contributed by atoms with Crippen LogP contribution in [0.5, 0.6) is 11.5 Å². The summed E-state index contributed by atoms with van der Waals surface area (Å²) in [5.74, 6) is -0.410. The summed E-state index contributed by atoms with van der Waals surface area (Å²) < 4.78 is 5.68. The van der Waals surface area contributed by atoms with Gasteiger partial charge in [-0.25, -0.2) is 0 Å². The molecule has 0 aromatic heterocycles. The van der Waals surface area contributed by atoms with Gasteiger partial charge >= 0.3 is 5.97 Å². The molecule has 1 aromatic carbocycles. The summed E-state index contributed by atoms with van der Waals surface area (Å²) in [6.07, 6.45) is 0.228. The highest BCUT2D eigenvalue weighted by molar-refractivity contribution is 9.10. The first kappa shape index (κ1) is 13.8. The third-order valence-corrected chi connectivity index (χ3v) is 2.99. The lowest BCUT2D eigenvalue weighted by atomic mass is 10.0. The molecule has 1 aromatic rings. The Morgan fingerprint density at radius 2 is 2.24 bits per heavy atom. The highest BCUT2D eigenvalue weighted by Crippen LogP contribution is 2.35. The fraction of sp³-hybridized carbons (Fsp3) is 0.364. The number of carboxylic acid groups (broad SMARTS) is 1. The normalized spacial score (nSPS) is 12.2. The number of phenols is 1. The van der Waals surface area contributed by atoms with Gasteiger partial charge in [0.2, 0.25) is 0 Å². The molecule has 5 nitrogen and oxygen atoms in total. The van der Waals surface area contributed by atoms with Gasteiger partial charge in [0, 0.05) is 24.1 Å². The third kappa shape index (κ3) is 3.61. The molecular formula is C11H14BrNO4. The average molecular weight is 304 g/mol.